The van der Waals surface area contributed by atoms with Crippen LogP contribution in [0.1, 0.15) is 30.3 Å². The molecule has 0 saturated heterocycles. The lowest BCUT2D eigenvalue weighted by atomic mass is 10.2. The first-order valence-electron chi connectivity index (χ1n) is 8.79. The van der Waals surface area contributed by atoms with Crippen LogP contribution in [0.5, 0.6) is 0 Å². The standard InChI is InChI=1S/C17H13F3N8O/c18-17(19,20)10-2-1-3-12(6-10)28-15-13(7-22-28)16(29)26(9-21-15)8-14-23-24-25-27(14)11-4-5-11/h1-3,6-7,9,11H,4-5,8H2. The van der Waals surface area contributed by atoms with Crippen molar-refractivity contribution >= 4 is 11.0 Å². The Bertz CT molecular complexity index is 1270. The summed E-state index contributed by atoms with van der Waals surface area (Å²) in [5.41, 5.74) is -0.845. The van der Waals surface area contributed by atoms with Crippen molar-refractivity contribution in [1.29, 1.82) is 0 Å². The molecule has 1 aliphatic rings. The molecule has 0 bridgehead atoms. The number of benzene rings is 1. The lowest BCUT2D eigenvalue weighted by Crippen LogP contribution is -2.23. The summed E-state index contributed by atoms with van der Waals surface area (Å²) in [7, 11) is 0. The van der Waals surface area contributed by atoms with Gasteiger partial charge in [-0.25, -0.2) is 14.3 Å². The lowest BCUT2D eigenvalue weighted by Gasteiger charge is -2.09. The molecule has 1 fully saturated rings. The van der Waals surface area contributed by atoms with Crippen LogP contribution in [0.3, 0.4) is 0 Å². The molecule has 1 saturated carbocycles. The van der Waals surface area contributed by atoms with E-state index in [0.29, 0.717) is 5.82 Å². The first-order chi connectivity index (χ1) is 13.9. The molecule has 0 aliphatic heterocycles. The van der Waals surface area contributed by atoms with Gasteiger partial charge in [-0.3, -0.25) is 9.36 Å². The number of aromatic nitrogens is 8. The van der Waals surface area contributed by atoms with Crippen molar-refractivity contribution in [2.24, 2.45) is 0 Å². The highest BCUT2D eigenvalue weighted by atomic mass is 19.4. The molecular formula is C17H13F3N8O. The van der Waals surface area contributed by atoms with Crippen molar-refractivity contribution in [3.05, 3.63) is 58.5 Å². The Morgan fingerprint density at radius 1 is 1.21 bits per heavy atom. The molecule has 12 heteroatoms. The van der Waals surface area contributed by atoms with Gasteiger partial charge >= 0.3 is 6.18 Å². The fraction of sp³-hybridized carbons (Fsp3) is 0.294. The average Bonchev–Trinajstić information content (AvgIpc) is 3.27. The molecule has 0 spiro atoms. The molecule has 5 rings (SSSR count). The molecule has 9 nitrogen and oxygen atoms in total. The number of halogens is 3. The smallest absolute Gasteiger partial charge is 0.291 e. The zero-order valence-corrected chi connectivity index (χ0v) is 14.8. The minimum atomic E-state index is -4.48. The molecule has 0 atom stereocenters. The summed E-state index contributed by atoms with van der Waals surface area (Å²) in [6.07, 6.45) is 0.125. The van der Waals surface area contributed by atoms with E-state index in [-0.39, 0.29) is 34.9 Å². The topological polar surface area (TPSA) is 96.3 Å². The molecule has 1 aliphatic carbocycles. The summed E-state index contributed by atoms with van der Waals surface area (Å²) in [5, 5.41) is 15.8. The number of alkyl halides is 3. The highest BCUT2D eigenvalue weighted by molar-refractivity contribution is 5.75. The Morgan fingerprint density at radius 2 is 2.03 bits per heavy atom. The summed E-state index contributed by atoms with van der Waals surface area (Å²) >= 11 is 0. The second kappa shape index (κ2) is 6.22. The first kappa shape index (κ1) is 17.5. The zero-order valence-electron chi connectivity index (χ0n) is 14.8. The second-order valence-corrected chi connectivity index (χ2v) is 6.79. The quantitative estimate of drug-likeness (QED) is 0.518. The summed E-state index contributed by atoms with van der Waals surface area (Å²) in [6.45, 7) is 0.139. The van der Waals surface area contributed by atoms with Crippen LogP contribution >= 0.6 is 0 Å². The maximum atomic E-state index is 13.0. The summed E-state index contributed by atoms with van der Waals surface area (Å²) in [5.74, 6) is 0.543. The van der Waals surface area contributed by atoms with E-state index in [1.807, 2.05) is 0 Å². The summed E-state index contributed by atoms with van der Waals surface area (Å²) in [6, 6.07) is 4.95. The van der Waals surface area contributed by atoms with E-state index >= 15 is 0 Å². The first-order valence-corrected chi connectivity index (χ1v) is 8.79. The molecule has 0 unspecified atom stereocenters. The SMILES string of the molecule is O=c1c2cnn(-c3cccc(C(F)(F)F)c3)c2ncn1Cc1nnnn1C1CC1. The lowest BCUT2D eigenvalue weighted by molar-refractivity contribution is -0.137. The van der Waals surface area contributed by atoms with Crippen molar-refractivity contribution in [3.8, 4) is 5.69 Å². The molecule has 3 heterocycles. The van der Waals surface area contributed by atoms with Crippen LogP contribution in [0.25, 0.3) is 16.7 Å². The normalized spacial score (nSPS) is 14.6. The van der Waals surface area contributed by atoms with E-state index in [9.17, 15) is 18.0 Å². The van der Waals surface area contributed by atoms with Crippen molar-refractivity contribution < 1.29 is 13.2 Å². The molecule has 3 aromatic heterocycles. The van der Waals surface area contributed by atoms with Crippen molar-refractivity contribution in [2.75, 3.05) is 0 Å². The van der Waals surface area contributed by atoms with E-state index in [4.69, 9.17) is 0 Å². The van der Waals surface area contributed by atoms with Crippen molar-refractivity contribution in [3.63, 3.8) is 0 Å². The third-order valence-electron chi connectivity index (χ3n) is 4.74. The van der Waals surface area contributed by atoms with Crippen LogP contribution in [0, 0.1) is 0 Å². The predicted molar refractivity (Wildman–Crippen MR) is 93.3 cm³/mol. The highest BCUT2D eigenvalue weighted by Crippen LogP contribution is 2.34. The van der Waals surface area contributed by atoms with Gasteiger partial charge in [0.2, 0.25) is 0 Å². The van der Waals surface area contributed by atoms with E-state index < -0.39 is 11.7 Å². The minimum absolute atomic E-state index is 0.139. The fourth-order valence-corrected chi connectivity index (χ4v) is 3.14. The zero-order chi connectivity index (χ0) is 20.2. The van der Waals surface area contributed by atoms with Gasteiger partial charge in [0.25, 0.3) is 5.56 Å². The Kier molecular flexibility index (Phi) is 3.76. The predicted octanol–water partition coefficient (Wildman–Crippen LogP) is 1.97. The number of hydrogen-bond donors (Lipinski definition) is 0. The molecule has 29 heavy (non-hydrogen) atoms. The van der Waals surface area contributed by atoms with Gasteiger partial charge in [-0.15, -0.1) is 5.10 Å². The van der Waals surface area contributed by atoms with Gasteiger partial charge in [0.15, 0.2) is 11.5 Å². The van der Waals surface area contributed by atoms with Crippen LogP contribution in [0.4, 0.5) is 13.2 Å². The molecule has 0 amide bonds. The Balaban J connectivity index is 1.54. The van der Waals surface area contributed by atoms with E-state index in [0.717, 1.165) is 25.0 Å². The van der Waals surface area contributed by atoms with Crippen molar-refractivity contribution in [2.45, 2.75) is 31.6 Å². The third kappa shape index (κ3) is 3.05. The number of fused-ring (bicyclic) bond motifs is 1. The fourth-order valence-electron chi connectivity index (χ4n) is 3.14. The van der Waals surface area contributed by atoms with Gasteiger partial charge in [-0.2, -0.15) is 18.3 Å². The van der Waals surface area contributed by atoms with Gasteiger partial charge in [0, 0.05) is 0 Å². The van der Waals surface area contributed by atoms with E-state index in [2.05, 4.69) is 25.6 Å². The molecular weight excluding hydrogens is 389 g/mol. The molecule has 0 radical (unpaired) electrons. The molecule has 4 aromatic rings. The Hall–Kier alpha value is -3.57. The van der Waals surface area contributed by atoms with Crippen LogP contribution in [0.2, 0.25) is 0 Å². The molecule has 0 N–H and O–H groups in total. The van der Waals surface area contributed by atoms with E-state index in [1.165, 1.54) is 33.9 Å². The maximum absolute atomic E-state index is 13.0. The number of nitrogens with zero attached hydrogens (tertiary/aromatic N) is 8. The third-order valence-corrected chi connectivity index (χ3v) is 4.74. The Morgan fingerprint density at radius 3 is 2.79 bits per heavy atom. The number of rotatable bonds is 4. The summed E-state index contributed by atoms with van der Waals surface area (Å²) in [4.78, 5) is 17.1. The second-order valence-electron chi connectivity index (χ2n) is 6.79. The van der Waals surface area contributed by atoms with Crippen LogP contribution < -0.4 is 5.56 Å². The van der Waals surface area contributed by atoms with Gasteiger partial charge in [0.05, 0.1) is 30.0 Å². The van der Waals surface area contributed by atoms with Crippen LogP contribution in [-0.2, 0) is 12.7 Å². The van der Waals surface area contributed by atoms with Crippen LogP contribution in [-0.4, -0.2) is 39.5 Å². The van der Waals surface area contributed by atoms with E-state index in [1.54, 1.807) is 4.68 Å². The van der Waals surface area contributed by atoms with Gasteiger partial charge in [0.1, 0.15) is 11.7 Å². The van der Waals surface area contributed by atoms with Gasteiger partial charge in [-0.1, -0.05) is 6.07 Å². The van der Waals surface area contributed by atoms with Crippen molar-refractivity contribution in [1.82, 2.24) is 39.5 Å². The number of hydrogen-bond acceptors (Lipinski definition) is 6. The largest absolute Gasteiger partial charge is 0.416 e. The van der Waals surface area contributed by atoms with Gasteiger partial charge in [-0.05, 0) is 41.5 Å². The van der Waals surface area contributed by atoms with Crippen LogP contribution in [0.15, 0.2) is 41.6 Å². The number of tetrazole rings is 1. The van der Waals surface area contributed by atoms with Gasteiger partial charge < -0.3 is 0 Å². The minimum Gasteiger partial charge on any atom is -0.291 e. The summed E-state index contributed by atoms with van der Waals surface area (Å²) < 4.78 is 43.3. The monoisotopic (exact) mass is 402 g/mol. The molecule has 1 aromatic carbocycles. The average molecular weight is 402 g/mol. The molecule has 148 valence electrons. The maximum Gasteiger partial charge on any atom is 0.416 e. The highest BCUT2D eigenvalue weighted by Gasteiger charge is 2.31. The Labute approximate surface area is 160 Å².